The second-order valence-electron chi connectivity index (χ2n) is 4.13. The number of carboxylic acids is 1. The van der Waals surface area contributed by atoms with Crippen LogP contribution in [0.15, 0.2) is 42.5 Å². The molecular weight excluding hydrogens is 281 g/mol. The Morgan fingerprint density at radius 1 is 1.29 bits per heavy atom. The molecule has 7 heteroatoms. The fraction of sp³-hybridized carbons (Fsp3) is 0.0714. The minimum atomic E-state index is -1.44. The molecule has 108 valence electrons. The van der Waals surface area contributed by atoms with Crippen LogP contribution in [0.25, 0.3) is 0 Å². The van der Waals surface area contributed by atoms with Gasteiger partial charge in [0.2, 0.25) is 0 Å². The van der Waals surface area contributed by atoms with Crippen molar-refractivity contribution in [2.75, 3.05) is 0 Å². The van der Waals surface area contributed by atoms with E-state index in [-0.39, 0.29) is 18.0 Å². The zero-order valence-corrected chi connectivity index (χ0v) is 10.7. The van der Waals surface area contributed by atoms with Crippen LogP contribution < -0.4 is 4.74 Å². The van der Waals surface area contributed by atoms with Crippen LogP contribution >= 0.6 is 0 Å². The van der Waals surface area contributed by atoms with E-state index in [4.69, 9.17) is 9.84 Å². The molecule has 0 amide bonds. The van der Waals surface area contributed by atoms with Crippen molar-refractivity contribution in [3.05, 3.63) is 69.5 Å². The lowest BCUT2D eigenvalue weighted by Crippen LogP contribution is -2.06. The quantitative estimate of drug-likeness (QED) is 0.675. The van der Waals surface area contributed by atoms with Crippen LogP contribution in [-0.4, -0.2) is 16.0 Å². The molecule has 2 aromatic carbocycles. The molecule has 0 heterocycles. The van der Waals surface area contributed by atoms with Crippen molar-refractivity contribution in [1.29, 1.82) is 0 Å². The molecule has 6 nitrogen and oxygen atoms in total. The number of nitro benzene ring substituents is 1. The Hall–Kier alpha value is -2.96. The Kier molecular flexibility index (Phi) is 4.13. The average Bonchev–Trinajstić information content (AvgIpc) is 2.45. The number of carboxylic acid groups (broad SMARTS) is 1. The van der Waals surface area contributed by atoms with Crippen molar-refractivity contribution in [3.63, 3.8) is 0 Å². The third kappa shape index (κ3) is 3.33. The van der Waals surface area contributed by atoms with Crippen molar-refractivity contribution >= 4 is 11.7 Å². The van der Waals surface area contributed by atoms with Crippen LogP contribution in [0.1, 0.15) is 15.9 Å². The Morgan fingerprint density at radius 3 is 2.67 bits per heavy atom. The largest absolute Gasteiger partial charge is 0.488 e. The number of non-ortho nitro benzene ring substituents is 1. The number of carbonyl (C=O) groups is 1. The minimum absolute atomic E-state index is 0.103. The van der Waals surface area contributed by atoms with Gasteiger partial charge in [-0.3, -0.25) is 10.1 Å². The van der Waals surface area contributed by atoms with Gasteiger partial charge in [0.25, 0.3) is 5.69 Å². The van der Waals surface area contributed by atoms with Gasteiger partial charge in [-0.25, -0.2) is 9.18 Å². The summed E-state index contributed by atoms with van der Waals surface area (Å²) in [6.07, 6.45) is 0. The molecule has 2 aromatic rings. The summed E-state index contributed by atoms with van der Waals surface area (Å²) < 4.78 is 18.7. The molecule has 0 saturated carbocycles. The number of nitrogens with zero attached hydrogens (tertiary/aromatic N) is 1. The molecule has 0 aromatic heterocycles. The number of ether oxygens (including phenoxy) is 1. The third-order valence-corrected chi connectivity index (χ3v) is 2.70. The van der Waals surface area contributed by atoms with Crippen molar-refractivity contribution in [2.24, 2.45) is 0 Å². The van der Waals surface area contributed by atoms with E-state index in [2.05, 4.69) is 0 Å². The Bertz CT molecular complexity index is 702. The number of rotatable bonds is 5. The number of hydrogen-bond donors (Lipinski definition) is 1. The smallest absolute Gasteiger partial charge is 0.342 e. The number of hydrogen-bond acceptors (Lipinski definition) is 4. The van der Waals surface area contributed by atoms with E-state index < -0.39 is 22.3 Å². The predicted molar refractivity (Wildman–Crippen MR) is 70.8 cm³/mol. The summed E-state index contributed by atoms with van der Waals surface area (Å²) in [5.41, 5.74) is -0.193. The number of aromatic carboxylic acids is 1. The SMILES string of the molecule is O=C(O)c1c(F)cccc1OCc1cccc([N+](=O)[O-])c1. The summed E-state index contributed by atoms with van der Waals surface area (Å²) in [7, 11) is 0. The number of benzene rings is 2. The van der Waals surface area contributed by atoms with Gasteiger partial charge in [-0.1, -0.05) is 18.2 Å². The first-order valence-corrected chi connectivity index (χ1v) is 5.87. The molecule has 0 saturated heterocycles. The van der Waals surface area contributed by atoms with Gasteiger partial charge in [0.05, 0.1) is 4.92 Å². The maximum absolute atomic E-state index is 13.4. The molecule has 2 rings (SSSR count). The number of halogens is 1. The highest BCUT2D eigenvalue weighted by molar-refractivity contribution is 5.91. The molecule has 0 aliphatic heterocycles. The fourth-order valence-electron chi connectivity index (χ4n) is 1.75. The molecule has 21 heavy (non-hydrogen) atoms. The second kappa shape index (κ2) is 6.00. The van der Waals surface area contributed by atoms with Gasteiger partial charge in [-0.05, 0) is 17.7 Å². The maximum atomic E-state index is 13.4. The molecule has 0 radical (unpaired) electrons. The van der Waals surface area contributed by atoms with E-state index >= 15 is 0 Å². The average molecular weight is 291 g/mol. The summed E-state index contributed by atoms with van der Waals surface area (Å²) in [6.45, 7) is -0.106. The van der Waals surface area contributed by atoms with Gasteiger partial charge < -0.3 is 9.84 Å². The molecule has 0 aliphatic carbocycles. The van der Waals surface area contributed by atoms with Gasteiger partial charge in [0, 0.05) is 12.1 Å². The van der Waals surface area contributed by atoms with Crippen LogP contribution in [0.3, 0.4) is 0 Å². The molecule has 0 aliphatic rings. The normalized spacial score (nSPS) is 10.1. The Morgan fingerprint density at radius 2 is 2.00 bits per heavy atom. The Labute approximate surface area is 118 Å². The van der Waals surface area contributed by atoms with Crippen LogP contribution in [0.5, 0.6) is 5.75 Å². The fourth-order valence-corrected chi connectivity index (χ4v) is 1.75. The van der Waals surface area contributed by atoms with Crippen molar-refractivity contribution in [1.82, 2.24) is 0 Å². The lowest BCUT2D eigenvalue weighted by atomic mass is 10.2. The second-order valence-corrected chi connectivity index (χ2v) is 4.13. The van der Waals surface area contributed by atoms with E-state index in [0.29, 0.717) is 5.56 Å². The highest BCUT2D eigenvalue weighted by atomic mass is 19.1. The predicted octanol–water partition coefficient (Wildman–Crippen LogP) is 3.01. The van der Waals surface area contributed by atoms with Gasteiger partial charge in [-0.2, -0.15) is 0 Å². The van der Waals surface area contributed by atoms with Crippen LogP contribution in [-0.2, 0) is 6.61 Å². The summed E-state index contributed by atoms with van der Waals surface area (Å²) in [6, 6.07) is 9.37. The zero-order chi connectivity index (χ0) is 15.4. The molecule has 0 atom stereocenters. The van der Waals surface area contributed by atoms with Gasteiger partial charge >= 0.3 is 5.97 Å². The van der Waals surface area contributed by atoms with E-state index in [0.717, 1.165) is 6.07 Å². The van der Waals surface area contributed by atoms with E-state index in [1.54, 1.807) is 6.07 Å². The van der Waals surface area contributed by atoms with Gasteiger partial charge in [0.15, 0.2) is 0 Å². The van der Waals surface area contributed by atoms with Crippen molar-refractivity contribution in [3.8, 4) is 5.75 Å². The summed E-state index contributed by atoms with van der Waals surface area (Å²) in [5, 5.41) is 19.6. The van der Waals surface area contributed by atoms with Crippen LogP contribution in [0, 0.1) is 15.9 Å². The van der Waals surface area contributed by atoms with Gasteiger partial charge in [0.1, 0.15) is 23.7 Å². The molecule has 0 fully saturated rings. The van der Waals surface area contributed by atoms with Crippen molar-refractivity contribution in [2.45, 2.75) is 6.61 Å². The standard InChI is InChI=1S/C14H10FNO5/c15-11-5-2-6-12(13(11)14(17)18)21-8-9-3-1-4-10(7-9)16(19)20/h1-7H,8H2,(H,17,18). The maximum Gasteiger partial charge on any atom is 0.342 e. The molecule has 0 bridgehead atoms. The monoisotopic (exact) mass is 291 g/mol. The van der Waals surface area contributed by atoms with Gasteiger partial charge in [-0.15, -0.1) is 0 Å². The van der Waals surface area contributed by atoms with Crippen LogP contribution in [0.2, 0.25) is 0 Å². The van der Waals surface area contributed by atoms with E-state index in [9.17, 15) is 19.3 Å². The first kappa shape index (κ1) is 14.4. The highest BCUT2D eigenvalue weighted by Crippen LogP contribution is 2.23. The van der Waals surface area contributed by atoms with E-state index in [1.165, 1.54) is 30.3 Å². The lowest BCUT2D eigenvalue weighted by molar-refractivity contribution is -0.384. The minimum Gasteiger partial charge on any atom is -0.488 e. The van der Waals surface area contributed by atoms with Crippen molar-refractivity contribution < 1.29 is 24.0 Å². The first-order valence-electron chi connectivity index (χ1n) is 5.87. The summed E-state index contributed by atoms with van der Waals surface area (Å²) in [5.74, 6) is -2.48. The molecule has 1 N–H and O–H groups in total. The van der Waals surface area contributed by atoms with Crippen LogP contribution in [0.4, 0.5) is 10.1 Å². The number of nitro groups is 1. The first-order chi connectivity index (χ1) is 9.99. The lowest BCUT2D eigenvalue weighted by Gasteiger charge is -2.09. The Balaban J connectivity index is 2.21. The third-order valence-electron chi connectivity index (χ3n) is 2.70. The summed E-state index contributed by atoms with van der Waals surface area (Å²) >= 11 is 0. The molecular formula is C14H10FNO5. The topological polar surface area (TPSA) is 89.7 Å². The zero-order valence-electron chi connectivity index (χ0n) is 10.7. The molecule has 0 unspecified atom stereocenters. The molecule has 0 spiro atoms. The highest BCUT2D eigenvalue weighted by Gasteiger charge is 2.17. The summed E-state index contributed by atoms with van der Waals surface area (Å²) in [4.78, 5) is 21.1. The van der Waals surface area contributed by atoms with E-state index in [1.807, 2.05) is 0 Å².